The number of aromatic nitrogens is 4. The summed E-state index contributed by atoms with van der Waals surface area (Å²) in [6, 6.07) is 49.0. The standard InChI is InChI=1S/C56H46N4O2/c1-55(2,3)37-29-43(49-39-19-11-7-15-33(39)23-25-57-49)53(61)45(31-37)51-41-21-13-9-17-35(41)27-47(59-51)48-28-36-18-10-14-22-42(36)52(60-48)46-32-38(56(4,5)6)30-44(54(46)62)50-40-20-12-8-16-34(40)24-26-58-50/h7-32,61-62H,1-6H3. The number of phenols is 2. The summed E-state index contributed by atoms with van der Waals surface area (Å²) in [5.74, 6) is 0.226. The highest BCUT2D eigenvalue weighted by Crippen LogP contribution is 2.47. The van der Waals surface area contributed by atoms with Crippen LogP contribution in [0, 0.1) is 0 Å². The first-order valence-corrected chi connectivity index (χ1v) is 21.1. The first-order chi connectivity index (χ1) is 29.8. The van der Waals surface area contributed by atoms with Crippen molar-refractivity contribution in [2.75, 3.05) is 0 Å². The van der Waals surface area contributed by atoms with Gasteiger partial charge in [0.1, 0.15) is 11.5 Å². The van der Waals surface area contributed by atoms with E-state index in [1.807, 2.05) is 72.8 Å². The van der Waals surface area contributed by atoms with Crippen LogP contribution in [-0.2, 0) is 10.8 Å². The lowest BCUT2D eigenvalue weighted by Crippen LogP contribution is -2.12. The molecule has 0 saturated heterocycles. The second-order valence-corrected chi connectivity index (χ2v) is 18.3. The summed E-state index contributed by atoms with van der Waals surface area (Å²) in [4.78, 5) is 20.5. The molecule has 10 aromatic rings. The molecule has 0 unspecified atom stereocenters. The van der Waals surface area contributed by atoms with Crippen LogP contribution in [-0.4, -0.2) is 30.1 Å². The summed E-state index contributed by atoms with van der Waals surface area (Å²) in [5, 5.41) is 32.7. The fourth-order valence-corrected chi connectivity index (χ4v) is 8.60. The number of hydrogen-bond acceptors (Lipinski definition) is 6. The van der Waals surface area contributed by atoms with Gasteiger partial charge in [-0.2, -0.15) is 0 Å². The van der Waals surface area contributed by atoms with Crippen molar-refractivity contribution >= 4 is 43.1 Å². The van der Waals surface area contributed by atoms with Crippen LogP contribution >= 0.6 is 0 Å². The van der Waals surface area contributed by atoms with Gasteiger partial charge < -0.3 is 10.2 Å². The highest BCUT2D eigenvalue weighted by Gasteiger charge is 2.26. The maximum Gasteiger partial charge on any atom is 0.134 e. The number of pyridine rings is 4. The van der Waals surface area contributed by atoms with E-state index in [0.29, 0.717) is 56.4 Å². The SMILES string of the molecule is CC(C)(C)c1cc(-c2nccc3ccccc23)c(O)c(-c2nc(-c3cc4ccccc4c(-c4cc(C(C)(C)C)cc(-c5nccc6ccccc56)c4O)n3)cc3ccccc23)c1. The summed E-state index contributed by atoms with van der Waals surface area (Å²) < 4.78 is 0. The van der Waals surface area contributed by atoms with Crippen molar-refractivity contribution in [2.24, 2.45) is 0 Å². The fraction of sp³-hybridized carbons (Fsp3) is 0.143. The molecule has 4 heterocycles. The molecule has 0 aliphatic carbocycles. The number of rotatable bonds is 5. The fourth-order valence-electron chi connectivity index (χ4n) is 8.60. The first-order valence-electron chi connectivity index (χ1n) is 21.1. The third-order valence-electron chi connectivity index (χ3n) is 12.1. The molecule has 4 aromatic heterocycles. The quantitative estimate of drug-likeness (QED) is 0.180. The second-order valence-electron chi connectivity index (χ2n) is 18.3. The molecule has 6 aromatic carbocycles. The Morgan fingerprint density at radius 2 is 0.661 bits per heavy atom. The summed E-state index contributed by atoms with van der Waals surface area (Å²) >= 11 is 0. The molecule has 0 saturated carbocycles. The highest BCUT2D eigenvalue weighted by molar-refractivity contribution is 6.04. The smallest absolute Gasteiger partial charge is 0.134 e. The van der Waals surface area contributed by atoms with E-state index in [4.69, 9.17) is 19.9 Å². The molecule has 2 N–H and O–H groups in total. The lowest BCUT2D eigenvalue weighted by atomic mass is 9.83. The van der Waals surface area contributed by atoms with E-state index in [1.165, 1.54) is 0 Å². The maximum absolute atomic E-state index is 12.5. The molecule has 6 heteroatoms. The minimum Gasteiger partial charge on any atom is -0.507 e. The molecule has 0 aliphatic rings. The maximum atomic E-state index is 12.5. The van der Waals surface area contributed by atoms with Crippen LogP contribution < -0.4 is 0 Å². The average molecular weight is 807 g/mol. The summed E-state index contributed by atoms with van der Waals surface area (Å²) in [6.45, 7) is 13.1. The van der Waals surface area contributed by atoms with Crippen molar-refractivity contribution in [1.29, 1.82) is 0 Å². The highest BCUT2D eigenvalue weighted by atomic mass is 16.3. The van der Waals surface area contributed by atoms with Gasteiger partial charge in [0, 0.05) is 56.2 Å². The summed E-state index contributed by atoms with van der Waals surface area (Å²) in [5.41, 5.74) is 8.09. The van der Waals surface area contributed by atoms with Gasteiger partial charge in [0.25, 0.3) is 0 Å². The first kappa shape index (κ1) is 38.7. The lowest BCUT2D eigenvalue weighted by Gasteiger charge is -2.23. The predicted octanol–water partition coefficient (Wildman–Crippen LogP) is 14.2. The third kappa shape index (κ3) is 6.69. The number of aromatic hydroxyl groups is 2. The molecule has 302 valence electrons. The largest absolute Gasteiger partial charge is 0.507 e. The average Bonchev–Trinajstić information content (AvgIpc) is 3.27. The molecule has 0 radical (unpaired) electrons. The van der Waals surface area contributed by atoms with Gasteiger partial charge in [0.05, 0.1) is 34.2 Å². The Kier molecular flexibility index (Phi) is 9.14. The van der Waals surface area contributed by atoms with Crippen molar-refractivity contribution in [3.63, 3.8) is 0 Å². The molecule has 62 heavy (non-hydrogen) atoms. The van der Waals surface area contributed by atoms with E-state index >= 15 is 0 Å². The van der Waals surface area contributed by atoms with Gasteiger partial charge in [-0.05, 0) is 92.0 Å². The Bertz CT molecular complexity index is 3170. The van der Waals surface area contributed by atoms with Gasteiger partial charge in [-0.1, -0.05) is 139 Å². The van der Waals surface area contributed by atoms with Gasteiger partial charge in [-0.3, -0.25) is 9.97 Å². The van der Waals surface area contributed by atoms with Gasteiger partial charge >= 0.3 is 0 Å². The topological polar surface area (TPSA) is 92.0 Å². The van der Waals surface area contributed by atoms with Crippen LogP contribution in [0.1, 0.15) is 52.7 Å². The zero-order valence-corrected chi connectivity index (χ0v) is 35.7. The summed E-state index contributed by atoms with van der Waals surface area (Å²) in [6.07, 6.45) is 3.60. The molecule has 0 fully saturated rings. The van der Waals surface area contributed by atoms with Crippen LogP contribution in [0.4, 0.5) is 0 Å². The van der Waals surface area contributed by atoms with Crippen LogP contribution in [0.3, 0.4) is 0 Å². The van der Waals surface area contributed by atoms with Gasteiger partial charge in [-0.15, -0.1) is 0 Å². The van der Waals surface area contributed by atoms with Gasteiger partial charge in [0.15, 0.2) is 0 Å². The van der Waals surface area contributed by atoms with Crippen molar-refractivity contribution in [3.05, 3.63) is 169 Å². The number of benzene rings is 6. The molecule has 0 amide bonds. The zero-order chi connectivity index (χ0) is 42.9. The van der Waals surface area contributed by atoms with Gasteiger partial charge in [0.2, 0.25) is 0 Å². The molecule has 0 atom stereocenters. The Balaban J connectivity index is 1.23. The Morgan fingerprint density at radius 1 is 0.355 bits per heavy atom. The Labute approximate surface area is 361 Å². The lowest BCUT2D eigenvalue weighted by molar-refractivity contribution is 0.477. The number of phenolic OH excluding ortho intramolecular Hbond substituents is 2. The van der Waals surface area contributed by atoms with Crippen molar-refractivity contribution in [1.82, 2.24) is 19.9 Å². The predicted molar refractivity (Wildman–Crippen MR) is 256 cm³/mol. The minimum absolute atomic E-state index is 0.113. The molecule has 0 spiro atoms. The summed E-state index contributed by atoms with van der Waals surface area (Å²) in [7, 11) is 0. The van der Waals surface area contributed by atoms with Crippen molar-refractivity contribution in [2.45, 2.75) is 52.4 Å². The molecular formula is C56H46N4O2. The van der Waals surface area contributed by atoms with Crippen LogP contribution in [0.25, 0.3) is 99.5 Å². The monoisotopic (exact) mass is 806 g/mol. The number of fused-ring (bicyclic) bond motifs is 4. The Morgan fingerprint density at radius 3 is 1.02 bits per heavy atom. The van der Waals surface area contributed by atoms with E-state index in [0.717, 1.165) is 54.2 Å². The van der Waals surface area contributed by atoms with Gasteiger partial charge in [-0.25, -0.2) is 9.97 Å². The van der Waals surface area contributed by atoms with Crippen LogP contribution in [0.2, 0.25) is 0 Å². The number of hydrogen-bond donors (Lipinski definition) is 2. The van der Waals surface area contributed by atoms with E-state index in [2.05, 4.69) is 114 Å². The van der Waals surface area contributed by atoms with E-state index in [1.54, 1.807) is 12.4 Å². The molecule has 6 nitrogen and oxygen atoms in total. The van der Waals surface area contributed by atoms with Crippen LogP contribution in [0.15, 0.2) is 158 Å². The van der Waals surface area contributed by atoms with Crippen molar-refractivity contribution in [3.8, 4) is 67.9 Å². The number of nitrogens with zero attached hydrogens (tertiary/aromatic N) is 4. The zero-order valence-electron chi connectivity index (χ0n) is 35.7. The third-order valence-corrected chi connectivity index (χ3v) is 12.1. The van der Waals surface area contributed by atoms with E-state index < -0.39 is 0 Å². The van der Waals surface area contributed by atoms with E-state index in [-0.39, 0.29) is 22.3 Å². The molecule has 0 bridgehead atoms. The normalized spacial score (nSPS) is 12.2. The van der Waals surface area contributed by atoms with Crippen molar-refractivity contribution < 1.29 is 10.2 Å². The second kappa shape index (κ2) is 14.6. The molecule has 0 aliphatic heterocycles. The minimum atomic E-state index is -0.256. The van der Waals surface area contributed by atoms with E-state index in [9.17, 15) is 10.2 Å². The molecule has 10 rings (SSSR count). The van der Waals surface area contributed by atoms with Crippen LogP contribution in [0.5, 0.6) is 11.5 Å². The molecular weight excluding hydrogens is 761 g/mol. The Hall–Kier alpha value is -7.44.